The van der Waals surface area contributed by atoms with Crippen molar-refractivity contribution in [1.82, 2.24) is 15.1 Å². The molecule has 0 bridgehead atoms. The van der Waals surface area contributed by atoms with Crippen molar-refractivity contribution in [3.63, 3.8) is 0 Å². The number of likely N-dealkylation sites (N-methyl/N-ethyl adjacent to an activating group) is 1. The zero-order valence-corrected chi connectivity index (χ0v) is 9.44. The third-order valence-corrected chi connectivity index (χ3v) is 2.81. The second kappa shape index (κ2) is 4.77. The molecule has 2 rings (SSSR count). The summed E-state index contributed by atoms with van der Waals surface area (Å²) >= 11 is 0. The number of aryl methyl sites for hydroxylation is 1. The van der Waals surface area contributed by atoms with E-state index in [1.165, 1.54) is 6.42 Å². The van der Waals surface area contributed by atoms with Gasteiger partial charge in [0.1, 0.15) is 0 Å². The predicted octanol–water partition coefficient (Wildman–Crippen LogP) is 1.25. The first-order chi connectivity index (χ1) is 7.31. The third kappa shape index (κ3) is 2.38. The molecule has 0 spiro atoms. The van der Waals surface area contributed by atoms with E-state index in [9.17, 15) is 0 Å². The summed E-state index contributed by atoms with van der Waals surface area (Å²) in [5.41, 5.74) is 1.09. The van der Waals surface area contributed by atoms with Gasteiger partial charge in [-0.25, -0.2) is 0 Å². The van der Waals surface area contributed by atoms with Crippen LogP contribution in [0.1, 0.15) is 31.5 Å². The first-order valence-electron chi connectivity index (χ1n) is 5.65. The Morgan fingerprint density at radius 1 is 1.73 bits per heavy atom. The lowest BCUT2D eigenvalue weighted by molar-refractivity contribution is 0.0774. The Kier molecular flexibility index (Phi) is 3.38. The maximum absolute atomic E-state index is 5.72. The summed E-state index contributed by atoms with van der Waals surface area (Å²) in [7, 11) is 1.95. The fourth-order valence-corrected chi connectivity index (χ4v) is 2.11. The van der Waals surface area contributed by atoms with E-state index in [1.54, 1.807) is 0 Å². The Bertz CT molecular complexity index is 305. The van der Waals surface area contributed by atoms with Crippen LogP contribution in [0.2, 0.25) is 0 Å². The normalized spacial score (nSPS) is 23.2. The van der Waals surface area contributed by atoms with Crippen LogP contribution in [0, 0.1) is 0 Å². The quantitative estimate of drug-likeness (QED) is 0.811. The highest BCUT2D eigenvalue weighted by atomic mass is 16.5. The van der Waals surface area contributed by atoms with Gasteiger partial charge in [0.2, 0.25) is 0 Å². The van der Waals surface area contributed by atoms with Crippen LogP contribution in [0.3, 0.4) is 0 Å². The van der Waals surface area contributed by atoms with Gasteiger partial charge in [-0.3, -0.25) is 4.68 Å². The van der Waals surface area contributed by atoms with Gasteiger partial charge in [-0.15, -0.1) is 0 Å². The molecule has 0 saturated carbocycles. The molecule has 1 saturated heterocycles. The first-order valence-corrected chi connectivity index (χ1v) is 5.65. The van der Waals surface area contributed by atoms with Crippen molar-refractivity contribution in [2.45, 2.75) is 31.9 Å². The molecule has 1 N–H and O–H groups in total. The summed E-state index contributed by atoms with van der Waals surface area (Å²) in [6, 6.07) is 2.31. The van der Waals surface area contributed by atoms with Crippen LogP contribution < -0.4 is 5.32 Å². The zero-order chi connectivity index (χ0) is 10.7. The van der Waals surface area contributed by atoms with Crippen molar-refractivity contribution in [2.75, 3.05) is 13.2 Å². The van der Waals surface area contributed by atoms with Gasteiger partial charge in [0, 0.05) is 19.9 Å². The zero-order valence-electron chi connectivity index (χ0n) is 9.44. The van der Waals surface area contributed by atoms with Gasteiger partial charge in [0.05, 0.1) is 17.8 Å². The molecule has 1 aromatic heterocycles. The smallest absolute Gasteiger partial charge is 0.0820 e. The number of hydrogen-bond donors (Lipinski definition) is 1. The maximum atomic E-state index is 5.72. The van der Waals surface area contributed by atoms with E-state index in [-0.39, 0.29) is 6.04 Å². The minimum atomic E-state index is 0.249. The highest BCUT2D eigenvalue weighted by Gasteiger charge is 2.27. The average Bonchev–Trinajstić information content (AvgIpc) is 2.85. The van der Waals surface area contributed by atoms with E-state index in [2.05, 4.69) is 23.4 Å². The summed E-state index contributed by atoms with van der Waals surface area (Å²) in [5, 5.41) is 7.90. The summed E-state index contributed by atoms with van der Waals surface area (Å²) < 4.78 is 7.56. The Balaban J connectivity index is 2.11. The lowest BCUT2D eigenvalue weighted by atomic mass is 10.1. The van der Waals surface area contributed by atoms with E-state index in [0.717, 1.165) is 25.3 Å². The number of rotatable bonds is 4. The fourth-order valence-electron chi connectivity index (χ4n) is 2.11. The van der Waals surface area contributed by atoms with Crippen molar-refractivity contribution in [2.24, 2.45) is 7.05 Å². The van der Waals surface area contributed by atoms with E-state index < -0.39 is 0 Å². The van der Waals surface area contributed by atoms with E-state index in [4.69, 9.17) is 4.74 Å². The molecule has 0 radical (unpaired) electrons. The van der Waals surface area contributed by atoms with Crippen molar-refractivity contribution < 1.29 is 4.74 Å². The summed E-state index contributed by atoms with van der Waals surface area (Å²) in [5.74, 6) is 0. The summed E-state index contributed by atoms with van der Waals surface area (Å²) in [4.78, 5) is 0. The van der Waals surface area contributed by atoms with Crippen molar-refractivity contribution in [3.05, 3.63) is 18.0 Å². The summed E-state index contributed by atoms with van der Waals surface area (Å²) in [6.45, 7) is 3.95. The van der Waals surface area contributed by atoms with Crippen LogP contribution in [-0.2, 0) is 11.8 Å². The molecule has 0 aliphatic carbocycles. The largest absolute Gasteiger partial charge is 0.376 e. The van der Waals surface area contributed by atoms with Crippen LogP contribution in [0.4, 0.5) is 0 Å². The van der Waals surface area contributed by atoms with Crippen LogP contribution in [0.25, 0.3) is 0 Å². The highest BCUT2D eigenvalue weighted by Crippen LogP contribution is 2.25. The second-order valence-corrected chi connectivity index (χ2v) is 4.00. The van der Waals surface area contributed by atoms with Gasteiger partial charge in [0.15, 0.2) is 0 Å². The number of aromatic nitrogens is 2. The topological polar surface area (TPSA) is 39.1 Å². The summed E-state index contributed by atoms with van der Waals surface area (Å²) in [6.07, 6.45) is 4.57. The molecule has 84 valence electrons. The molecular formula is C11H19N3O. The molecule has 4 heteroatoms. The van der Waals surface area contributed by atoms with Crippen molar-refractivity contribution in [3.8, 4) is 0 Å². The fraction of sp³-hybridized carbons (Fsp3) is 0.727. The lowest BCUT2D eigenvalue weighted by Gasteiger charge is -2.21. The highest BCUT2D eigenvalue weighted by molar-refractivity contribution is 5.08. The van der Waals surface area contributed by atoms with Gasteiger partial charge in [0.25, 0.3) is 0 Å². The molecule has 0 amide bonds. The minimum Gasteiger partial charge on any atom is -0.376 e. The van der Waals surface area contributed by atoms with Crippen LogP contribution in [0.5, 0.6) is 0 Å². The van der Waals surface area contributed by atoms with Gasteiger partial charge in [-0.1, -0.05) is 6.92 Å². The molecule has 1 aliphatic heterocycles. The Morgan fingerprint density at radius 2 is 2.60 bits per heavy atom. The van der Waals surface area contributed by atoms with Gasteiger partial charge in [-0.05, 0) is 25.5 Å². The second-order valence-electron chi connectivity index (χ2n) is 4.00. The lowest BCUT2D eigenvalue weighted by Crippen LogP contribution is -2.32. The van der Waals surface area contributed by atoms with Crippen LogP contribution >= 0.6 is 0 Å². The number of hydrogen-bond acceptors (Lipinski definition) is 3. The molecule has 0 aromatic carbocycles. The third-order valence-electron chi connectivity index (χ3n) is 2.81. The monoisotopic (exact) mass is 209 g/mol. The molecule has 2 unspecified atom stereocenters. The SMILES string of the molecule is CCNC(c1ccn(C)n1)C1CCCO1. The average molecular weight is 209 g/mol. The molecular weight excluding hydrogens is 190 g/mol. The number of nitrogens with zero attached hydrogens (tertiary/aromatic N) is 2. The molecule has 2 heterocycles. The van der Waals surface area contributed by atoms with Crippen molar-refractivity contribution in [1.29, 1.82) is 0 Å². The van der Waals surface area contributed by atoms with E-state index in [0.29, 0.717) is 6.10 Å². The van der Waals surface area contributed by atoms with Gasteiger partial charge < -0.3 is 10.1 Å². The predicted molar refractivity (Wildman–Crippen MR) is 58.6 cm³/mol. The van der Waals surface area contributed by atoms with Crippen LogP contribution in [0.15, 0.2) is 12.3 Å². The molecule has 15 heavy (non-hydrogen) atoms. The molecule has 2 atom stereocenters. The van der Waals surface area contributed by atoms with Gasteiger partial charge in [-0.2, -0.15) is 5.10 Å². The Hall–Kier alpha value is -0.870. The number of nitrogens with one attached hydrogen (secondary N) is 1. The van der Waals surface area contributed by atoms with E-state index >= 15 is 0 Å². The first kappa shape index (κ1) is 10.6. The Morgan fingerprint density at radius 3 is 3.13 bits per heavy atom. The standard InChI is InChI=1S/C11H19N3O/c1-3-12-11(10-5-4-8-15-10)9-6-7-14(2)13-9/h6-7,10-12H,3-5,8H2,1-2H3. The maximum Gasteiger partial charge on any atom is 0.0820 e. The Labute approximate surface area is 90.6 Å². The number of ether oxygens (including phenoxy) is 1. The van der Waals surface area contributed by atoms with Crippen molar-refractivity contribution >= 4 is 0 Å². The molecule has 1 fully saturated rings. The van der Waals surface area contributed by atoms with E-state index in [1.807, 2.05) is 17.9 Å². The van der Waals surface area contributed by atoms with Gasteiger partial charge >= 0.3 is 0 Å². The molecule has 1 aliphatic rings. The minimum absolute atomic E-state index is 0.249. The molecule has 1 aromatic rings. The molecule has 4 nitrogen and oxygen atoms in total. The van der Waals surface area contributed by atoms with Crippen LogP contribution in [-0.4, -0.2) is 29.0 Å².